The molecule has 0 spiro atoms. The summed E-state index contributed by atoms with van der Waals surface area (Å²) in [5.74, 6) is 5.33. The first-order chi connectivity index (χ1) is 9.10. The molecule has 1 amide bonds. The van der Waals surface area contributed by atoms with Crippen molar-refractivity contribution in [2.75, 3.05) is 32.1 Å². The van der Waals surface area contributed by atoms with Crippen molar-refractivity contribution in [3.8, 4) is 11.8 Å². The van der Waals surface area contributed by atoms with Gasteiger partial charge in [-0.15, -0.1) is 0 Å². The van der Waals surface area contributed by atoms with Gasteiger partial charge in [-0.2, -0.15) is 11.8 Å². The molecule has 0 bridgehead atoms. The summed E-state index contributed by atoms with van der Waals surface area (Å²) in [5, 5.41) is 0. The number of rotatable bonds is 4. The summed E-state index contributed by atoms with van der Waals surface area (Å²) in [6.45, 7) is 0.813. The van der Waals surface area contributed by atoms with Crippen LogP contribution in [-0.2, 0) is 0 Å². The summed E-state index contributed by atoms with van der Waals surface area (Å²) >= 11 is 1.64. The van der Waals surface area contributed by atoms with Crippen molar-refractivity contribution in [2.24, 2.45) is 5.73 Å². The van der Waals surface area contributed by atoms with Crippen LogP contribution in [0.1, 0.15) is 15.9 Å². The molecule has 0 aliphatic heterocycles. The van der Waals surface area contributed by atoms with Crippen LogP contribution < -0.4 is 5.73 Å². The summed E-state index contributed by atoms with van der Waals surface area (Å²) < 4.78 is 13.9. The smallest absolute Gasteiger partial charge is 0.256 e. The predicted molar refractivity (Wildman–Crippen MR) is 77.7 cm³/mol. The van der Waals surface area contributed by atoms with Gasteiger partial charge in [0.1, 0.15) is 5.82 Å². The van der Waals surface area contributed by atoms with Gasteiger partial charge in [-0.25, -0.2) is 4.39 Å². The van der Waals surface area contributed by atoms with Gasteiger partial charge in [0.2, 0.25) is 0 Å². The van der Waals surface area contributed by atoms with Gasteiger partial charge in [0.15, 0.2) is 0 Å². The van der Waals surface area contributed by atoms with Gasteiger partial charge < -0.3 is 10.6 Å². The second-order valence-corrected chi connectivity index (χ2v) is 4.91. The second kappa shape index (κ2) is 7.82. The number of halogens is 1. The number of thioether (sulfide) groups is 1. The average molecular weight is 280 g/mol. The van der Waals surface area contributed by atoms with Crippen molar-refractivity contribution < 1.29 is 9.18 Å². The number of benzene rings is 1. The maximum atomic E-state index is 13.9. The Kier molecular flexibility index (Phi) is 6.40. The van der Waals surface area contributed by atoms with Crippen LogP contribution in [0.15, 0.2) is 18.2 Å². The lowest BCUT2D eigenvalue weighted by Gasteiger charge is -2.16. The van der Waals surface area contributed by atoms with Crippen LogP contribution in [0, 0.1) is 17.7 Å². The van der Waals surface area contributed by atoms with E-state index in [1.165, 1.54) is 17.0 Å². The fourth-order valence-electron chi connectivity index (χ4n) is 1.45. The standard InChI is InChI=1S/C14H17FN2OS/c1-17(8-9-19-2)14(18)12-6-5-11(4-3-7-16)10-13(12)15/h5-6,10H,7-9,16H2,1-2H3. The normalized spacial score (nSPS) is 9.68. The highest BCUT2D eigenvalue weighted by molar-refractivity contribution is 7.98. The minimum absolute atomic E-state index is 0.0712. The number of carbonyl (C=O) groups is 1. The van der Waals surface area contributed by atoms with E-state index in [0.29, 0.717) is 12.1 Å². The molecule has 0 radical (unpaired) electrons. The Hall–Kier alpha value is -1.51. The molecule has 0 heterocycles. The Bertz CT molecular complexity index is 508. The monoisotopic (exact) mass is 280 g/mol. The third-order valence-electron chi connectivity index (χ3n) is 2.51. The molecule has 0 unspecified atom stereocenters. The van der Waals surface area contributed by atoms with E-state index in [0.717, 1.165) is 5.75 Å². The summed E-state index contributed by atoms with van der Waals surface area (Å²) in [7, 11) is 1.67. The summed E-state index contributed by atoms with van der Waals surface area (Å²) in [5.41, 5.74) is 5.84. The van der Waals surface area contributed by atoms with Crippen molar-refractivity contribution in [3.63, 3.8) is 0 Å². The van der Waals surface area contributed by atoms with Gasteiger partial charge in [0, 0.05) is 24.9 Å². The molecule has 1 rings (SSSR count). The minimum Gasteiger partial charge on any atom is -0.341 e. The minimum atomic E-state index is -0.551. The molecule has 3 nitrogen and oxygen atoms in total. The van der Waals surface area contributed by atoms with Gasteiger partial charge in [-0.05, 0) is 24.5 Å². The van der Waals surface area contributed by atoms with Crippen molar-refractivity contribution >= 4 is 17.7 Å². The van der Waals surface area contributed by atoms with Crippen molar-refractivity contribution in [2.45, 2.75) is 0 Å². The Balaban J connectivity index is 2.87. The van der Waals surface area contributed by atoms with E-state index in [9.17, 15) is 9.18 Å². The third kappa shape index (κ3) is 4.58. The molecule has 0 aliphatic carbocycles. The van der Waals surface area contributed by atoms with E-state index in [1.807, 2.05) is 6.26 Å². The molecule has 102 valence electrons. The molecular weight excluding hydrogens is 263 g/mol. The fourth-order valence-corrected chi connectivity index (χ4v) is 1.91. The number of hydrogen-bond acceptors (Lipinski definition) is 3. The van der Waals surface area contributed by atoms with E-state index in [2.05, 4.69) is 11.8 Å². The summed E-state index contributed by atoms with van der Waals surface area (Å²) in [6, 6.07) is 4.35. The first-order valence-corrected chi connectivity index (χ1v) is 7.22. The Morgan fingerprint density at radius 2 is 2.26 bits per heavy atom. The molecule has 0 saturated carbocycles. The van der Waals surface area contributed by atoms with Crippen LogP contribution in [-0.4, -0.2) is 43.0 Å². The lowest BCUT2D eigenvalue weighted by molar-refractivity contribution is 0.0799. The molecule has 0 atom stereocenters. The van der Waals surface area contributed by atoms with Crippen LogP contribution in [0.25, 0.3) is 0 Å². The maximum Gasteiger partial charge on any atom is 0.256 e. The molecule has 2 N–H and O–H groups in total. The van der Waals surface area contributed by atoms with E-state index in [-0.39, 0.29) is 18.0 Å². The lowest BCUT2D eigenvalue weighted by Crippen LogP contribution is -2.29. The molecule has 19 heavy (non-hydrogen) atoms. The molecule has 0 fully saturated rings. The quantitative estimate of drug-likeness (QED) is 0.852. The van der Waals surface area contributed by atoms with Crippen LogP contribution in [0.4, 0.5) is 4.39 Å². The SMILES string of the molecule is CSCCN(C)C(=O)c1ccc(C#CCN)cc1F. The molecule has 0 aromatic heterocycles. The highest BCUT2D eigenvalue weighted by atomic mass is 32.2. The van der Waals surface area contributed by atoms with Crippen molar-refractivity contribution in [1.29, 1.82) is 0 Å². The summed E-state index contributed by atoms with van der Waals surface area (Å²) in [6.07, 6.45) is 1.96. The summed E-state index contributed by atoms with van der Waals surface area (Å²) in [4.78, 5) is 13.5. The topological polar surface area (TPSA) is 46.3 Å². The van der Waals surface area contributed by atoms with Crippen LogP contribution in [0.3, 0.4) is 0 Å². The first kappa shape index (κ1) is 15.5. The molecule has 5 heteroatoms. The highest BCUT2D eigenvalue weighted by Crippen LogP contribution is 2.12. The zero-order chi connectivity index (χ0) is 14.3. The van der Waals surface area contributed by atoms with Crippen molar-refractivity contribution in [3.05, 3.63) is 35.1 Å². The van der Waals surface area contributed by atoms with E-state index >= 15 is 0 Å². The molecule has 0 saturated heterocycles. The van der Waals surface area contributed by atoms with Gasteiger partial charge in [0.25, 0.3) is 5.91 Å². The lowest BCUT2D eigenvalue weighted by atomic mass is 10.1. The zero-order valence-corrected chi connectivity index (χ0v) is 11.9. The number of amides is 1. The van der Waals surface area contributed by atoms with Gasteiger partial charge >= 0.3 is 0 Å². The first-order valence-electron chi connectivity index (χ1n) is 5.83. The molecular formula is C14H17FN2OS. The second-order valence-electron chi connectivity index (χ2n) is 3.92. The highest BCUT2D eigenvalue weighted by Gasteiger charge is 2.15. The van der Waals surface area contributed by atoms with Crippen LogP contribution in [0.2, 0.25) is 0 Å². The number of carbonyl (C=O) groups excluding carboxylic acids is 1. The average Bonchev–Trinajstić information content (AvgIpc) is 2.41. The molecule has 1 aromatic carbocycles. The Morgan fingerprint density at radius 3 is 2.84 bits per heavy atom. The fraction of sp³-hybridized carbons (Fsp3) is 0.357. The van der Waals surface area contributed by atoms with Crippen LogP contribution >= 0.6 is 11.8 Å². The van der Waals surface area contributed by atoms with E-state index in [1.54, 1.807) is 24.9 Å². The number of nitrogens with zero attached hydrogens (tertiary/aromatic N) is 1. The van der Waals surface area contributed by atoms with Crippen LogP contribution in [0.5, 0.6) is 0 Å². The van der Waals surface area contributed by atoms with E-state index in [4.69, 9.17) is 5.73 Å². The number of nitrogens with two attached hydrogens (primary N) is 1. The van der Waals surface area contributed by atoms with Gasteiger partial charge in [-0.3, -0.25) is 4.79 Å². The molecule has 1 aromatic rings. The predicted octanol–water partition coefficient (Wildman–Crippen LogP) is 1.57. The number of hydrogen-bond donors (Lipinski definition) is 1. The van der Waals surface area contributed by atoms with Gasteiger partial charge in [-0.1, -0.05) is 11.8 Å². The molecule has 0 aliphatic rings. The van der Waals surface area contributed by atoms with Gasteiger partial charge in [0.05, 0.1) is 12.1 Å². The van der Waals surface area contributed by atoms with E-state index < -0.39 is 5.82 Å². The van der Waals surface area contributed by atoms with Crippen molar-refractivity contribution in [1.82, 2.24) is 4.90 Å². The largest absolute Gasteiger partial charge is 0.341 e. The Morgan fingerprint density at radius 1 is 1.53 bits per heavy atom. The maximum absolute atomic E-state index is 13.9. The Labute approximate surface area is 117 Å². The zero-order valence-electron chi connectivity index (χ0n) is 11.1. The third-order valence-corrected chi connectivity index (χ3v) is 3.10.